The van der Waals surface area contributed by atoms with Crippen LogP contribution in [-0.4, -0.2) is 21.1 Å². The van der Waals surface area contributed by atoms with Crippen molar-refractivity contribution in [2.75, 3.05) is 6.54 Å². The standard InChI is InChI=1S/C11H14N4/c1-15-10-5-7-13-8-9(10)14-11(15)4-2-3-6-12/h5,7-8H,2-4,6H2,1H3. The molecule has 0 fully saturated rings. The first-order chi connectivity index (χ1) is 7.33. The quantitative estimate of drug-likeness (QED) is 0.703. The Kier molecular flexibility index (Phi) is 2.97. The molecule has 0 unspecified atom stereocenters. The Hall–Kier alpha value is -1.42. The van der Waals surface area contributed by atoms with E-state index in [1.54, 1.807) is 12.4 Å². The Bertz CT molecular complexity index is 447. The third-order valence-corrected chi connectivity index (χ3v) is 2.58. The van der Waals surface area contributed by atoms with E-state index in [9.17, 15) is 0 Å². The van der Waals surface area contributed by atoms with Crippen LogP contribution in [0.2, 0.25) is 0 Å². The zero-order valence-corrected chi connectivity index (χ0v) is 8.85. The third-order valence-electron chi connectivity index (χ3n) is 2.58. The van der Waals surface area contributed by atoms with Crippen molar-refractivity contribution in [2.45, 2.75) is 19.3 Å². The molecule has 0 aliphatic rings. The lowest BCUT2D eigenvalue weighted by Crippen LogP contribution is -1.98. The molecule has 0 spiro atoms. The minimum Gasteiger partial charge on any atom is -0.331 e. The summed E-state index contributed by atoms with van der Waals surface area (Å²) in [5.41, 5.74) is 10.8. The summed E-state index contributed by atoms with van der Waals surface area (Å²) in [5, 5.41) is 0. The molecule has 0 atom stereocenters. The number of imidazole rings is 1. The summed E-state index contributed by atoms with van der Waals surface area (Å²) >= 11 is 0. The molecule has 0 aliphatic carbocycles. The molecular weight excluding hydrogens is 188 g/mol. The van der Waals surface area contributed by atoms with Gasteiger partial charge >= 0.3 is 0 Å². The van der Waals surface area contributed by atoms with Gasteiger partial charge in [-0.1, -0.05) is 0 Å². The van der Waals surface area contributed by atoms with E-state index in [0.29, 0.717) is 0 Å². The van der Waals surface area contributed by atoms with Gasteiger partial charge in [-0.05, 0) is 18.9 Å². The van der Waals surface area contributed by atoms with Crippen molar-refractivity contribution in [1.82, 2.24) is 20.3 Å². The summed E-state index contributed by atoms with van der Waals surface area (Å²) in [7, 11) is 2.02. The van der Waals surface area contributed by atoms with E-state index in [0.717, 1.165) is 36.1 Å². The van der Waals surface area contributed by atoms with Crippen molar-refractivity contribution >= 4 is 11.0 Å². The Morgan fingerprint density at radius 3 is 3.00 bits per heavy atom. The molecular formula is C11H14N4. The number of nitrogens with zero attached hydrogens (tertiary/aromatic N) is 4. The first kappa shape index (κ1) is 10.1. The highest BCUT2D eigenvalue weighted by molar-refractivity contribution is 5.74. The summed E-state index contributed by atoms with van der Waals surface area (Å²) in [5.74, 6) is 1.06. The van der Waals surface area contributed by atoms with Gasteiger partial charge in [0.25, 0.3) is 0 Å². The lowest BCUT2D eigenvalue weighted by molar-refractivity contribution is 0.688. The maximum atomic E-state index is 8.72. The first-order valence-electron chi connectivity index (χ1n) is 5.19. The average Bonchev–Trinajstić information content (AvgIpc) is 2.57. The fraction of sp³-hybridized carbons (Fsp3) is 0.455. The summed E-state index contributed by atoms with van der Waals surface area (Å²) in [6, 6.07) is 1.97. The molecule has 78 valence electrons. The topological polar surface area (TPSA) is 53.0 Å². The van der Waals surface area contributed by atoms with E-state index >= 15 is 0 Å². The smallest absolute Gasteiger partial charge is 0.109 e. The number of fused-ring (bicyclic) bond motifs is 1. The van der Waals surface area contributed by atoms with Crippen LogP contribution >= 0.6 is 0 Å². The molecule has 4 nitrogen and oxygen atoms in total. The number of pyridine rings is 1. The Balaban J connectivity index is 2.24. The van der Waals surface area contributed by atoms with E-state index in [1.807, 2.05) is 13.1 Å². The molecule has 0 saturated heterocycles. The summed E-state index contributed by atoms with van der Waals surface area (Å²) < 4.78 is 2.09. The molecule has 0 aliphatic heterocycles. The SMILES string of the molecule is Cn1c(CCCC[N])nc2cnccc21. The van der Waals surface area contributed by atoms with E-state index in [-0.39, 0.29) is 6.54 Å². The summed E-state index contributed by atoms with van der Waals surface area (Å²) in [6.45, 7) is 0.255. The zero-order chi connectivity index (χ0) is 10.7. The van der Waals surface area contributed by atoms with Gasteiger partial charge in [0.15, 0.2) is 0 Å². The molecule has 2 radical (unpaired) electrons. The van der Waals surface area contributed by atoms with Crippen molar-refractivity contribution in [3.05, 3.63) is 24.3 Å². The van der Waals surface area contributed by atoms with Crippen LogP contribution in [0.15, 0.2) is 18.5 Å². The molecule has 0 aromatic carbocycles. The highest BCUT2D eigenvalue weighted by Crippen LogP contribution is 2.14. The maximum absolute atomic E-state index is 8.72. The Morgan fingerprint density at radius 1 is 1.40 bits per heavy atom. The van der Waals surface area contributed by atoms with Gasteiger partial charge in [-0.25, -0.2) is 4.98 Å². The minimum atomic E-state index is 0.255. The van der Waals surface area contributed by atoms with Gasteiger partial charge in [-0.2, -0.15) is 0 Å². The van der Waals surface area contributed by atoms with Crippen LogP contribution in [0.25, 0.3) is 11.0 Å². The van der Waals surface area contributed by atoms with Crippen LogP contribution in [0.1, 0.15) is 18.7 Å². The first-order valence-corrected chi connectivity index (χ1v) is 5.19. The van der Waals surface area contributed by atoms with E-state index < -0.39 is 0 Å². The predicted molar refractivity (Wildman–Crippen MR) is 58.4 cm³/mol. The zero-order valence-electron chi connectivity index (χ0n) is 8.85. The predicted octanol–water partition coefficient (Wildman–Crippen LogP) is 1.36. The second-order valence-electron chi connectivity index (χ2n) is 3.63. The monoisotopic (exact) mass is 202 g/mol. The number of hydrogen-bond donors (Lipinski definition) is 0. The lowest BCUT2D eigenvalue weighted by Gasteiger charge is -2.00. The molecule has 0 bridgehead atoms. The van der Waals surface area contributed by atoms with Crippen molar-refractivity contribution in [1.29, 1.82) is 0 Å². The Morgan fingerprint density at radius 2 is 2.27 bits per heavy atom. The van der Waals surface area contributed by atoms with Gasteiger partial charge in [-0.3, -0.25) is 4.98 Å². The Labute approximate surface area is 89.1 Å². The van der Waals surface area contributed by atoms with E-state index in [4.69, 9.17) is 5.73 Å². The molecule has 2 heterocycles. The highest BCUT2D eigenvalue weighted by Gasteiger charge is 2.06. The second kappa shape index (κ2) is 4.40. The number of rotatable bonds is 4. The number of hydrogen-bond acceptors (Lipinski definition) is 2. The normalized spacial score (nSPS) is 11.1. The van der Waals surface area contributed by atoms with Crippen LogP contribution in [0.3, 0.4) is 0 Å². The van der Waals surface area contributed by atoms with Crippen LogP contribution in [0.4, 0.5) is 0 Å². The highest BCUT2D eigenvalue weighted by atomic mass is 15.1. The average molecular weight is 202 g/mol. The van der Waals surface area contributed by atoms with Crippen molar-refractivity contribution < 1.29 is 0 Å². The minimum absolute atomic E-state index is 0.255. The molecule has 0 saturated carbocycles. The van der Waals surface area contributed by atoms with Crippen molar-refractivity contribution in [2.24, 2.45) is 7.05 Å². The van der Waals surface area contributed by atoms with E-state index in [2.05, 4.69) is 14.5 Å². The second-order valence-corrected chi connectivity index (χ2v) is 3.63. The molecule has 2 aromatic heterocycles. The van der Waals surface area contributed by atoms with Gasteiger partial charge in [0, 0.05) is 26.2 Å². The molecule has 0 amide bonds. The molecule has 2 aromatic rings. The van der Waals surface area contributed by atoms with Crippen molar-refractivity contribution in [3.63, 3.8) is 0 Å². The van der Waals surface area contributed by atoms with Crippen molar-refractivity contribution in [3.8, 4) is 0 Å². The summed E-state index contributed by atoms with van der Waals surface area (Å²) in [4.78, 5) is 8.55. The number of aromatic nitrogens is 3. The van der Waals surface area contributed by atoms with Gasteiger partial charge in [0.2, 0.25) is 0 Å². The molecule has 0 N–H and O–H groups in total. The van der Waals surface area contributed by atoms with Crippen LogP contribution in [0.5, 0.6) is 0 Å². The number of aryl methyl sites for hydroxylation is 2. The maximum Gasteiger partial charge on any atom is 0.109 e. The largest absolute Gasteiger partial charge is 0.331 e. The lowest BCUT2D eigenvalue weighted by atomic mass is 10.2. The third kappa shape index (κ3) is 1.99. The van der Waals surface area contributed by atoms with Gasteiger partial charge in [0.05, 0.1) is 11.7 Å². The van der Waals surface area contributed by atoms with Crippen LogP contribution < -0.4 is 5.73 Å². The molecule has 15 heavy (non-hydrogen) atoms. The fourth-order valence-electron chi connectivity index (χ4n) is 1.72. The fourth-order valence-corrected chi connectivity index (χ4v) is 1.72. The van der Waals surface area contributed by atoms with Gasteiger partial charge < -0.3 is 4.57 Å². The van der Waals surface area contributed by atoms with Gasteiger partial charge in [-0.15, -0.1) is 5.73 Å². The molecule has 4 heteroatoms. The van der Waals surface area contributed by atoms with E-state index in [1.165, 1.54) is 0 Å². The molecule has 2 rings (SSSR count). The number of unbranched alkanes of at least 4 members (excludes halogenated alkanes) is 1. The van der Waals surface area contributed by atoms with Gasteiger partial charge in [0.1, 0.15) is 11.3 Å². The van der Waals surface area contributed by atoms with Crippen LogP contribution in [-0.2, 0) is 13.5 Å². The summed E-state index contributed by atoms with van der Waals surface area (Å²) in [6.07, 6.45) is 6.28. The van der Waals surface area contributed by atoms with Crippen LogP contribution in [0, 0.1) is 0 Å².